The molecule has 0 saturated heterocycles. The van der Waals surface area contributed by atoms with E-state index in [2.05, 4.69) is 0 Å². The minimum atomic E-state index is 0. The summed E-state index contributed by atoms with van der Waals surface area (Å²) in [5, 5.41) is 0. The van der Waals surface area contributed by atoms with Crippen molar-refractivity contribution in [2.24, 2.45) is 0 Å². The molecule has 0 rings (SSSR count). The second kappa shape index (κ2) is 106. The Kier molecular flexibility index (Phi) is 330. The molecule has 0 aliphatic rings. The Balaban J connectivity index is -0.00000000813. The maximum atomic E-state index is 4.72. The number of hydrogen-bond donors (Lipinski definition) is 0. The quantitative estimate of drug-likeness (QED) is 0.464. The van der Waals surface area contributed by atoms with Crippen molar-refractivity contribution in [3.05, 3.63) is 25.3 Å². The van der Waals surface area contributed by atoms with Gasteiger partial charge in [-0.05, 0) is 0 Å². The first-order chi connectivity index (χ1) is 3.91. The molecule has 0 amide bonds. The average molecular weight is 220 g/mol. The van der Waals surface area contributed by atoms with Gasteiger partial charge in [-0.3, -0.25) is 0 Å². The van der Waals surface area contributed by atoms with Crippen LogP contribution in [0.2, 0.25) is 0 Å². The minimum Gasteiger partial charge on any atom is -0.394 e. The second-order valence-corrected chi connectivity index (χ2v) is 0.385. The van der Waals surface area contributed by atoms with Crippen LogP contribution >= 0.6 is 0 Å². The predicted octanol–water partition coefficient (Wildman–Crippen LogP) is 3.90. The van der Waals surface area contributed by atoms with E-state index in [-0.39, 0.29) is 41.6 Å². The predicted molar refractivity (Wildman–Crippen MR) is 49.3 cm³/mol. The molecule has 0 aromatic carbocycles. The summed E-state index contributed by atoms with van der Waals surface area (Å²) in [5.74, 6) is 0. The van der Waals surface area contributed by atoms with Crippen molar-refractivity contribution < 1.29 is 34.1 Å². The molecule has 10 heavy (non-hydrogen) atoms. The number of rotatable bonds is 1. The van der Waals surface area contributed by atoms with Crippen LogP contribution in [-0.2, 0) is 32.7 Å². The molecule has 0 bridgehead atoms. The van der Waals surface area contributed by atoms with E-state index in [0.29, 0.717) is 0 Å². The van der Waals surface area contributed by atoms with Crippen LogP contribution in [0.25, 0.3) is 0 Å². The Hall–Kier alpha value is 0.584. The van der Waals surface area contributed by atoms with Crippen LogP contribution in [-0.4, -0.2) is 0 Å². The fourth-order valence-electron chi connectivity index (χ4n) is 0. The van der Waals surface area contributed by atoms with Gasteiger partial charge in [0.15, 0.2) is 0 Å². The van der Waals surface area contributed by atoms with Gasteiger partial charge in [-0.1, -0.05) is 35.1 Å². The molecule has 0 aromatic heterocycles. The molecule has 0 heterocycles. The molecule has 0 spiro atoms. The number of hydrogen-bond acceptors (Lipinski definition) is 0. The largest absolute Gasteiger partial charge is 0.394 e. The van der Waals surface area contributed by atoms with Crippen molar-refractivity contribution in [3.8, 4) is 0 Å². The summed E-state index contributed by atoms with van der Waals surface area (Å²) in [6.07, 6.45) is 2.56. The SMILES string of the molecule is C.CC.CC.[2HH].[CH-]=CC=[CH-].[Y]. The molecular formula is C9H22Y-2. The van der Waals surface area contributed by atoms with Crippen molar-refractivity contribution in [2.75, 3.05) is 0 Å². The van der Waals surface area contributed by atoms with E-state index < -0.39 is 0 Å². The summed E-state index contributed by atoms with van der Waals surface area (Å²) in [6, 6.07) is 0. The molecule has 0 fully saturated rings. The summed E-state index contributed by atoms with van der Waals surface area (Å²) in [6.45, 7) is 17.4. The van der Waals surface area contributed by atoms with E-state index in [1.807, 2.05) is 27.7 Å². The van der Waals surface area contributed by atoms with Gasteiger partial charge in [0.1, 0.15) is 0 Å². The Bertz CT molecular complexity index is 30.5. The zero-order valence-electron chi connectivity index (χ0n) is 6.89. The monoisotopic (exact) mass is 220 g/mol. The van der Waals surface area contributed by atoms with E-state index in [1.54, 1.807) is 0 Å². The molecule has 0 atom stereocenters. The van der Waals surface area contributed by atoms with Crippen LogP contribution in [0.5, 0.6) is 0 Å². The maximum Gasteiger partial charge on any atom is 0 e. The van der Waals surface area contributed by atoms with Crippen LogP contribution in [0.15, 0.2) is 12.2 Å². The van der Waals surface area contributed by atoms with Crippen molar-refractivity contribution >= 4 is 0 Å². The molecular weight excluding hydrogens is 197 g/mol. The molecule has 0 nitrogen and oxygen atoms in total. The van der Waals surface area contributed by atoms with Crippen LogP contribution in [0.3, 0.4) is 0 Å². The van der Waals surface area contributed by atoms with Crippen molar-refractivity contribution in [3.63, 3.8) is 0 Å². The van der Waals surface area contributed by atoms with Gasteiger partial charge in [-0.25, -0.2) is 0 Å². The normalized spacial score (nSPS) is 3.20. The molecule has 63 valence electrons. The van der Waals surface area contributed by atoms with Crippen molar-refractivity contribution in [1.29, 1.82) is 0 Å². The maximum absolute atomic E-state index is 4.72. The Morgan fingerprint density at radius 2 is 1.00 bits per heavy atom. The van der Waals surface area contributed by atoms with Gasteiger partial charge in [0.2, 0.25) is 0 Å². The zero-order chi connectivity index (χ0) is 7.41. The standard InChI is InChI=1S/C4H4.2C2H6.CH4.Y.H2/c1-3-4-2;2*1-2;;;/h1-4H;2*1-2H3;1H4;;1H/q-2;;;;;/i;;;;;1+1. The third kappa shape index (κ3) is 197. The molecule has 0 saturated carbocycles. The summed E-state index contributed by atoms with van der Waals surface area (Å²) < 4.78 is 0. The van der Waals surface area contributed by atoms with Gasteiger partial charge in [0.05, 0.1) is 0 Å². The van der Waals surface area contributed by atoms with E-state index in [1.165, 1.54) is 12.2 Å². The average Bonchev–Trinajstić information content (AvgIpc) is 1.96. The van der Waals surface area contributed by atoms with Gasteiger partial charge in [-0.2, -0.15) is 0 Å². The molecule has 0 N–H and O–H groups in total. The molecule has 1 heteroatoms. The Morgan fingerprint density at radius 3 is 1.00 bits per heavy atom. The Morgan fingerprint density at radius 1 is 0.900 bits per heavy atom. The van der Waals surface area contributed by atoms with E-state index in [9.17, 15) is 0 Å². The van der Waals surface area contributed by atoms with Gasteiger partial charge in [-0.15, -0.1) is 0 Å². The zero-order valence-corrected chi connectivity index (χ0v) is 9.73. The second-order valence-electron chi connectivity index (χ2n) is 0.385. The first kappa shape index (κ1) is 31.2. The molecule has 0 aliphatic carbocycles. The van der Waals surface area contributed by atoms with Crippen LogP contribution in [0, 0.1) is 13.2 Å². The third-order valence-corrected chi connectivity index (χ3v) is 0.111. The summed E-state index contributed by atoms with van der Waals surface area (Å²) in [5.41, 5.74) is 0. The van der Waals surface area contributed by atoms with E-state index in [4.69, 9.17) is 13.2 Å². The fraction of sp³-hybridized carbons (Fsp3) is 0.556. The number of allylic oxidation sites excluding steroid dienone is 2. The van der Waals surface area contributed by atoms with Crippen molar-refractivity contribution in [1.82, 2.24) is 0 Å². The van der Waals surface area contributed by atoms with Gasteiger partial charge < -0.3 is 25.3 Å². The van der Waals surface area contributed by atoms with Gasteiger partial charge in [0.25, 0.3) is 0 Å². The summed E-state index contributed by atoms with van der Waals surface area (Å²) in [4.78, 5) is 0. The summed E-state index contributed by atoms with van der Waals surface area (Å²) >= 11 is 0. The first-order valence-electron chi connectivity index (χ1n) is 3.00. The van der Waals surface area contributed by atoms with Crippen LogP contribution < -0.4 is 0 Å². The van der Waals surface area contributed by atoms with Crippen molar-refractivity contribution in [2.45, 2.75) is 35.1 Å². The van der Waals surface area contributed by atoms with E-state index in [0.717, 1.165) is 0 Å². The van der Waals surface area contributed by atoms with E-state index >= 15 is 0 Å². The summed E-state index contributed by atoms with van der Waals surface area (Å²) in [7, 11) is 0. The first-order valence-corrected chi connectivity index (χ1v) is 3.00. The molecule has 0 aliphatic heterocycles. The fourth-order valence-corrected chi connectivity index (χ4v) is 0. The van der Waals surface area contributed by atoms with Crippen LogP contribution in [0.1, 0.15) is 36.5 Å². The third-order valence-electron chi connectivity index (χ3n) is 0.111. The van der Waals surface area contributed by atoms with Gasteiger partial charge in [0, 0.05) is 34.1 Å². The molecule has 0 unspecified atom stereocenters. The smallest absolute Gasteiger partial charge is 0 e. The minimum absolute atomic E-state index is 0. The Labute approximate surface area is 94.2 Å². The van der Waals surface area contributed by atoms with Crippen LogP contribution in [0.4, 0.5) is 0 Å². The molecule has 1 radical (unpaired) electrons. The topological polar surface area (TPSA) is 0 Å². The van der Waals surface area contributed by atoms with Gasteiger partial charge >= 0.3 is 0 Å². The molecule has 0 aromatic rings.